The Morgan fingerprint density at radius 1 is 1.18 bits per heavy atom. The largest absolute Gasteiger partial charge is 0.497 e. The average Bonchev–Trinajstić information content (AvgIpc) is 3.23. The van der Waals surface area contributed by atoms with Crippen LogP contribution in [0.4, 0.5) is 14.6 Å². The van der Waals surface area contributed by atoms with Crippen molar-refractivity contribution in [3.05, 3.63) is 70.9 Å². The van der Waals surface area contributed by atoms with Crippen LogP contribution < -0.4 is 15.0 Å². The van der Waals surface area contributed by atoms with Gasteiger partial charge < -0.3 is 15.0 Å². The Morgan fingerprint density at radius 2 is 1.88 bits per heavy atom. The molecule has 0 bridgehead atoms. The average molecular weight is 572 g/mol. The summed E-state index contributed by atoms with van der Waals surface area (Å²) in [5.41, 5.74) is 1.64. The molecule has 1 unspecified atom stereocenters. The Hall–Kier alpha value is -3.44. The lowest BCUT2D eigenvalue weighted by Crippen LogP contribution is -2.43. The van der Waals surface area contributed by atoms with E-state index in [0.29, 0.717) is 41.6 Å². The molecule has 0 fully saturated rings. The topological polar surface area (TPSA) is 79.7 Å². The van der Waals surface area contributed by atoms with Crippen LogP contribution in [0.3, 0.4) is 0 Å². The lowest BCUT2D eigenvalue weighted by atomic mass is 9.87. The predicted molar refractivity (Wildman–Crippen MR) is 153 cm³/mol. The van der Waals surface area contributed by atoms with E-state index in [-0.39, 0.29) is 29.7 Å². The molecule has 4 rings (SSSR count). The zero-order valence-electron chi connectivity index (χ0n) is 23.6. The molecule has 1 aliphatic rings. The summed E-state index contributed by atoms with van der Waals surface area (Å²) in [5.74, 6) is -0.992. The molecule has 2 aromatic carbocycles. The van der Waals surface area contributed by atoms with Crippen LogP contribution in [-0.2, 0) is 15.0 Å². The quantitative estimate of drug-likeness (QED) is 0.434. The number of hydrogen-bond acceptors (Lipinski definition) is 6. The first-order valence-corrected chi connectivity index (χ1v) is 14.0. The van der Waals surface area contributed by atoms with E-state index in [0.717, 1.165) is 6.07 Å². The van der Waals surface area contributed by atoms with Crippen molar-refractivity contribution in [3.63, 3.8) is 0 Å². The van der Waals surface area contributed by atoms with Crippen molar-refractivity contribution in [2.45, 2.75) is 31.4 Å². The molecule has 214 valence electrons. The molecular formula is C29H35F2N5O3S. The Bertz CT molecular complexity index is 1390. The van der Waals surface area contributed by atoms with Gasteiger partial charge in [0.25, 0.3) is 0 Å². The van der Waals surface area contributed by atoms with Gasteiger partial charge in [-0.05, 0) is 44.4 Å². The Labute approximate surface area is 237 Å². The van der Waals surface area contributed by atoms with Crippen LogP contribution in [0.2, 0.25) is 0 Å². The van der Waals surface area contributed by atoms with Crippen LogP contribution in [0, 0.1) is 11.6 Å². The number of carbonyl (C=O) groups excluding carboxylic acids is 2. The number of fused-ring (bicyclic) bond motifs is 1. The van der Waals surface area contributed by atoms with Gasteiger partial charge in [-0.2, -0.15) is 5.10 Å². The lowest BCUT2D eigenvalue weighted by molar-refractivity contribution is -0.122. The number of benzene rings is 2. The van der Waals surface area contributed by atoms with Gasteiger partial charge in [0.1, 0.15) is 29.7 Å². The predicted octanol–water partition coefficient (Wildman–Crippen LogP) is 4.30. The van der Waals surface area contributed by atoms with E-state index >= 15 is 4.39 Å². The normalized spacial score (nSPS) is 15.7. The van der Waals surface area contributed by atoms with Gasteiger partial charge >= 0.3 is 0 Å². The summed E-state index contributed by atoms with van der Waals surface area (Å²) in [7, 11) is 5.38. The molecule has 0 saturated heterocycles. The van der Waals surface area contributed by atoms with Crippen molar-refractivity contribution in [3.8, 4) is 11.4 Å². The number of methoxy groups -OCH3 is 1. The van der Waals surface area contributed by atoms with Crippen LogP contribution in [0.15, 0.2) is 42.5 Å². The van der Waals surface area contributed by atoms with Crippen molar-refractivity contribution in [1.82, 2.24) is 20.0 Å². The number of aromatic nitrogens is 2. The second-order valence-electron chi connectivity index (χ2n) is 10.9. The van der Waals surface area contributed by atoms with E-state index in [9.17, 15) is 14.0 Å². The molecule has 1 aliphatic heterocycles. The second kappa shape index (κ2) is 12.0. The number of carbonyl (C=O) groups is 2. The van der Waals surface area contributed by atoms with Crippen molar-refractivity contribution >= 4 is 29.4 Å². The van der Waals surface area contributed by atoms with Crippen LogP contribution in [0.5, 0.6) is 5.75 Å². The third kappa shape index (κ3) is 6.31. The fraction of sp³-hybridized carbons (Fsp3) is 0.414. The van der Waals surface area contributed by atoms with Gasteiger partial charge in [-0.1, -0.05) is 26.8 Å². The van der Waals surface area contributed by atoms with Gasteiger partial charge in [0.15, 0.2) is 0 Å². The van der Waals surface area contributed by atoms with E-state index in [4.69, 9.17) is 9.84 Å². The first kappa shape index (κ1) is 29.5. The fourth-order valence-corrected chi connectivity index (χ4v) is 5.77. The Morgan fingerprint density at radius 3 is 2.48 bits per heavy atom. The molecule has 1 atom stereocenters. The molecule has 1 aromatic heterocycles. The standard InChI is InChI=1S/C29H35F2N5O3S/c1-29(2,3)27-25-26(21-12-7-18(30)15-22(21)31)40-17-24(38)35(16-23(37)32-13-14-34(4)5)28(25)36(33-27)19-8-10-20(39-6)11-9-19/h7-12,15,26H,13-14,16-17H2,1-6H3,(H,32,37). The number of halogens is 2. The maximum atomic E-state index is 15.3. The number of thioether (sulfide) groups is 1. The monoisotopic (exact) mass is 571 g/mol. The highest BCUT2D eigenvalue weighted by atomic mass is 32.2. The Balaban J connectivity index is 1.94. The van der Waals surface area contributed by atoms with Gasteiger partial charge in [0.2, 0.25) is 11.8 Å². The number of rotatable bonds is 8. The van der Waals surface area contributed by atoms with E-state index < -0.39 is 22.3 Å². The van der Waals surface area contributed by atoms with Gasteiger partial charge in [0.05, 0.1) is 29.5 Å². The maximum absolute atomic E-state index is 15.3. The number of nitrogens with one attached hydrogen (secondary N) is 1. The molecule has 0 aliphatic carbocycles. The number of hydrogen-bond donors (Lipinski definition) is 1. The summed E-state index contributed by atoms with van der Waals surface area (Å²) < 4.78 is 36.1. The van der Waals surface area contributed by atoms with Crippen LogP contribution in [-0.4, -0.2) is 73.1 Å². The highest BCUT2D eigenvalue weighted by Crippen LogP contribution is 2.49. The van der Waals surface area contributed by atoms with E-state index in [2.05, 4.69) is 5.32 Å². The summed E-state index contributed by atoms with van der Waals surface area (Å²) in [6, 6.07) is 10.7. The van der Waals surface area contributed by atoms with Crippen molar-refractivity contribution in [2.24, 2.45) is 0 Å². The zero-order valence-corrected chi connectivity index (χ0v) is 24.4. The highest BCUT2D eigenvalue weighted by molar-refractivity contribution is 8.00. The van der Waals surface area contributed by atoms with Crippen LogP contribution >= 0.6 is 11.8 Å². The lowest BCUT2D eigenvalue weighted by Gasteiger charge is -2.25. The number of nitrogens with zero attached hydrogens (tertiary/aromatic N) is 4. The molecule has 1 N–H and O–H groups in total. The number of amides is 2. The Kier molecular flexibility index (Phi) is 8.84. The SMILES string of the molecule is COc1ccc(-n2nc(C(C)(C)C)c3c2N(CC(=O)NCCN(C)C)C(=O)CSC3c2ccc(F)cc2F)cc1. The molecule has 0 spiro atoms. The summed E-state index contributed by atoms with van der Waals surface area (Å²) in [6.45, 7) is 6.80. The molecule has 0 saturated carbocycles. The van der Waals surface area contributed by atoms with Gasteiger partial charge in [0, 0.05) is 35.7 Å². The fourth-order valence-electron chi connectivity index (χ4n) is 4.55. The van der Waals surface area contributed by atoms with Crippen molar-refractivity contribution in [2.75, 3.05) is 51.5 Å². The summed E-state index contributed by atoms with van der Waals surface area (Å²) >= 11 is 1.24. The van der Waals surface area contributed by atoms with E-state index in [1.54, 1.807) is 23.9 Å². The molecule has 0 radical (unpaired) electrons. The second-order valence-corrected chi connectivity index (χ2v) is 12.0. The zero-order chi connectivity index (χ0) is 29.2. The minimum absolute atomic E-state index is 0.00661. The summed E-state index contributed by atoms with van der Waals surface area (Å²) in [5, 5.41) is 7.17. The number of likely N-dealkylation sites (N-methyl/N-ethyl adjacent to an activating group) is 1. The molecule has 11 heteroatoms. The minimum atomic E-state index is -0.706. The summed E-state index contributed by atoms with van der Waals surface area (Å²) in [4.78, 5) is 30.1. The van der Waals surface area contributed by atoms with E-state index in [1.165, 1.54) is 28.8 Å². The smallest absolute Gasteiger partial charge is 0.240 e. The first-order valence-electron chi connectivity index (χ1n) is 13.0. The molecular weight excluding hydrogens is 536 g/mol. The minimum Gasteiger partial charge on any atom is -0.497 e. The van der Waals surface area contributed by atoms with Crippen LogP contribution in [0.25, 0.3) is 5.69 Å². The number of anilines is 1. The van der Waals surface area contributed by atoms with Crippen molar-refractivity contribution < 1.29 is 23.1 Å². The summed E-state index contributed by atoms with van der Waals surface area (Å²) in [6.07, 6.45) is 0. The maximum Gasteiger partial charge on any atom is 0.240 e. The van der Waals surface area contributed by atoms with Crippen LogP contribution in [0.1, 0.15) is 42.8 Å². The van der Waals surface area contributed by atoms with Crippen molar-refractivity contribution in [1.29, 1.82) is 0 Å². The third-order valence-electron chi connectivity index (χ3n) is 6.54. The highest BCUT2D eigenvalue weighted by Gasteiger charge is 2.40. The third-order valence-corrected chi connectivity index (χ3v) is 7.78. The first-order chi connectivity index (χ1) is 18.9. The number of ether oxygens (including phenoxy) is 1. The van der Waals surface area contributed by atoms with Gasteiger partial charge in [-0.25, -0.2) is 13.5 Å². The molecule has 2 heterocycles. The molecule has 40 heavy (non-hydrogen) atoms. The molecule has 2 amide bonds. The van der Waals surface area contributed by atoms with Gasteiger partial charge in [-0.3, -0.25) is 14.5 Å². The van der Waals surface area contributed by atoms with Gasteiger partial charge in [-0.15, -0.1) is 11.8 Å². The molecule has 3 aromatic rings. The van der Waals surface area contributed by atoms with E-state index in [1.807, 2.05) is 51.9 Å². The molecule has 8 nitrogen and oxygen atoms in total.